The Hall–Kier alpha value is -2.74. The molecule has 3 heterocycles. The van der Waals surface area contributed by atoms with E-state index < -0.39 is 17.7 Å². The average Bonchev–Trinajstić information content (AvgIpc) is 3.02. The molecule has 0 spiro atoms. The molecule has 0 bridgehead atoms. The zero-order valence-corrected chi connectivity index (χ0v) is 20.1. The topological polar surface area (TPSA) is 112 Å². The van der Waals surface area contributed by atoms with E-state index in [2.05, 4.69) is 38.0 Å². The van der Waals surface area contributed by atoms with Crippen LogP contribution >= 0.6 is 0 Å². The van der Waals surface area contributed by atoms with Crippen molar-refractivity contribution in [2.45, 2.75) is 76.1 Å². The summed E-state index contributed by atoms with van der Waals surface area (Å²) in [7, 11) is 0. The molecule has 1 aromatic carbocycles. The molecule has 1 aromatic rings. The molecule has 4 atom stereocenters. The van der Waals surface area contributed by atoms with Gasteiger partial charge >= 0.3 is 0 Å². The molecule has 8 nitrogen and oxygen atoms in total. The summed E-state index contributed by atoms with van der Waals surface area (Å²) >= 11 is 0. The molecule has 0 aromatic heterocycles. The van der Waals surface area contributed by atoms with Gasteiger partial charge in [0.1, 0.15) is 11.9 Å². The number of nitrogens with two attached hydrogens (primary N) is 1. The van der Waals surface area contributed by atoms with Crippen molar-refractivity contribution in [3.05, 3.63) is 41.7 Å². The standard InChI is InChI=1S/C25H37N5O3/c1-6-8-20(26)29-19-13-27-15(2)30-14-18(22(31)25(19,30)5)28-23(32)16-9-7-10-17-21(16)33-12-11-24(17,3)4/h7,9-10,18-19,22,27,31H,2,6,8,11-14H2,1,3-5H3,(H2,26,29)(H,28,32). The number of aliphatic hydroxyl groups excluding tert-OH is 1. The fourth-order valence-electron chi connectivity index (χ4n) is 5.37. The molecule has 0 aliphatic carbocycles. The number of rotatable bonds is 5. The van der Waals surface area contributed by atoms with Gasteiger partial charge in [-0.15, -0.1) is 0 Å². The fourth-order valence-corrected chi connectivity index (χ4v) is 5.37. The van der Waals surface area contributed by atoms with E-state index in [4.69, 9.17) is 15.5 Å². The van der Waals surface area contributed by atoms with E-state index in [0.717, 1.165) is 24.2 Å². The van der Waals surface area contributed by atoms with Gasteiger partial charge in [-0.2, -0.15) is 0 Å². The molecule has 4 unspecified atom stereocenters. The van der Waals surface area contributed by atoms with E-state index in [-0.39, 0.29) is 17.4 Å². The van der Waals surface area contributed by atoms with E-state index in [1.807, 2.05) is 24.0 Å². The number of fused-ring (bicyclic) bond motifs is 2. The third kappa shape index (κ3) is 3.94. The van der Waals surface area contributed by atoms with Crippen LogP contribution < -0.4 is 21.1 Å². The third-order valence-corrected chi connectivity index (χ3v) is 7.55. The van der Waals surface area contributed by atoms with E-state index in [9.17, 15) is 9.90 Å². The highest BCUT2D eigenvalue weighted by Gasteiger charge is 2.57. The lowest BCUT2D eigenvalue weighted by molar-refractivity contribution is 0.0147. The number of aliphatic imine (C=N–C) groups is 1. The maximum Gasteiger partial charge on any atom is 0.255 e. The van der Waals surface area contributed by atoms with Crippen LogP contribution in [0.25, 0.3) is 0 Å². The van der Waals surface area contributed by atoms with Gasteiger partial charge in [0.2, 0.25) is 0 Å². The maximum atomic E-state index is 13.4. The first-order valence-electron chi connectivity index (χ1n) is 11.9. The fraction of sp³-hybridized carbons (Fsp3) is 0.600. The Bertz CT molecular complexity index is 975. The van der Waals surface area contributed by atoms with Crippen LogP contribution in [0, 0.1) is 0 Å². The zero-order chi connectivity index (χ0) is 24.0. The van der Waals surface area contributed by atoms with Gasteiger partial charge in [0.15, 0.2) is 0 Å². The molecule has 0 radical (unpaired) electrons. The van der Waals surface area contributed by atoms with Crippen LogP contribution in [0.15, 0.2) is 35.6 Å². The maximum absolute atomic E-state index is 13.4. The molecule has 3 aliphatic heterocycles. The van der Waals surface area contributed by atoms with Gasteiger partial charge in [-0.1, -0.05) is 39.5 Å². The molecule has 5 N–H and O–H groups in total. The van der Waals surface area contributed by atoms with Gasteiger partial charge < -0.3 is 31.1 Å². The van der Waals surface area contributed by atoms with Crippen molar-refractivity contribution in [1.29, 1.82) is 0 Å². The third-order valence-electron chi connectivity index (χ3n) is 7.55. The van der Waals surface area contributed by atoms with Gasteiger partial charge in [0, 0.05) is 25.1 Å². The average molecular weight is 456 g/mol. The number of amidine groups is 1. The quantitative estimate of drug-likeness (QED) is 0.398. The number of amides is 1. The smallest absolute Gasteiger partial charge is 0.255 e. The van der Waals surface area contributed by atoms with Crippen LogP contribution in [0.2, 0.25) is 0 Å². The van der Waals surface area contributed by atoms with Crippen molar-refractivity contribution in [1.82, 2.24) is 15.5 Å². The van der Waals surface area contributed by atoms with E-state index in [0.29, 0.717) is 43.3 Å². The summed E-state index contributed by atoms with van der Waals surface area (Å²) in [4.78, 5) is 20.1. The Morgan fingerprint density at radius 1 is 1.42 bits per heavy atom. The number of para-hydroxylation sites is 1. The van der Waals surface area contributed by atoms with E-state index >= 15 is 0 Å². The second-order valence-corrected chi connectivity index (χ2v) is 10.2. The van der Waals surface area contributed by atoms with Crippen LogP contribution in [0.5, 0.6) is 5.75 Å². The molecule has 3 aliphatic rings. The number of nitrogens with one attached hydrogen (secondary N) is 2. The number of ether oxygens (including phenoxy) is 1. The number of aliphatic hydroxyl groups is 1. The molecule has 33 heavy (non-hydrogen) atoms. The largest absolute Gasteiger partial charge is 0.492 e. The number of benzene rings is 1. The minimum Gasteiger partial charge on any atom is -0.492 e. The van der Waals surface area contributed by atoms with Crippen LogP contribution in [0.4, 0.5) is 0 Å². The zero-order valence-electron chi connectivity index (χ0n) is 20.1. The Kier molecular flexibility index (Phi) is 6.07. The Morgan fingerprint density at radius 2 is 2.18 bits per heavy atom. The molecule has 180 valence electrons. The minimum atomic E-state index is -0.847. The number of carbonyl (C=O) groups is 1. The van der Waals surface area contributed by atoms with Crippen molar-refractivity contribution in [2.24, 2.45) is 10.7 Å². The Balaban J connectivity index is 1.59. The van der Waals surface area contributed by atoms with Crippen molar-refractivity contribution in [2.75, 3.05) is 19.7 Å². The molecule has 1 amide bonds. The first kappa shape index (κ1) is 23.4. The molecule has 8 heteroatoms. The summed E-state index contributed by atoms with van der Waals surface area (Å²) < 4.78 is 5.93. The van der Waals surface area contributed by atoms with Gasteiger partial charge in [-0.25, -0.2) is 0 Å². The minimum absolute atomic E-state index is 0.0576. The Labute approximate surface area is 196 Å². The number of nitrogens with zero attached hydrogens (tertiary/aromatic N) is 2. The van der Waals surface area contributed by atoms with Gasteiger partial charge in [0.25, 0.3) is 5.91 Å². The van der Waals surface area contributed by atoms with Crippen LogP contribution in [-0.2, 0) is 5.41 Å². The molecule has 0 saturated carbocycles. The van der Waals surface area contributed by atoms with Crippen molar-refractivity contribution in [3.63, 3.8) is 0 Å². The van der Waals surface area contributed by atoms with Crippen molar-refractivity contribution >= 4 is 11.7 Å². The van der Waals surface area contributed by atoms with Gasteiger partial charge in [-0.05, 0) is 31.2 Å². The second-order valence-electron chi connectivity index (χ2n) is 10.2. The number of hydrogen-bond acceptors (Lipinski definition) is 6. The molecular formula is C25H37N5O3. The van der Waals surface area contributed by atoms with E-state index in [1.165, 1.54) is 0 Å². The van der Waals surface area contributed by atoms with Crippen LogP contribution in [-0.4, -0.2) is 65.2 Å². The summed E-state index contributed by atoms with van der Waals surface area (Å²) in [6.07, 6.45) is 1.67. The van der Waals surface area contributed by atoms with E-state index in [1.54, 1.807) is 6.07 Å². The summed E-state index contributed by atoms with van der Waals surface area (Å²) in [5.41, 5.74) is 6.88. The van der Waals surface area contributed by atoms with Crippen LogP contribution in [0.1, 0.15) is 62.9 Å². The lowest BCUT2D eigenvalue weighted by Gasteiger charge is -2.48. The normalized spacial score (nSPS) is 30.7. The summed E-state index contributed by atoms with van der Waals surface area (Å²) in [5.74, 6) is 1.69. The monoisotopic (exact) mass is 455 g/mol. The van der Waals surface area contributed by atoms with Crippen molar-refractivity contribution in [3.8, 4) is 5.75 Å². The predicted octanol–water partition coefficient (Wildman–Crippen LogP) is 1.88. The number of carbonyl (C=O) groups excluding carboxylic acids is 1. The Morgan fingerprint density at radius 3 is 2.91 bits per heavy atom. The highest BCUT2D eigenvalue weighted by Crippen LogP contribution is 2.41. The first-order chi connectivity index (χ1) is 15.6. The molecule has 2 saturated heterocycles. The summed E-state index contributed by atoms with van der Waals surface area (Å²) in [6.45, 7) is 14.0. The highest BCUT2D eigenvalue weighted by molar-refractivity contribution is 5.98. The predicted molar refractivity (Wildman–Crippen MR) is 129 cm³/mol. The molecule has 2 fully saturated rings. The highest BCUT2D eigenvalue weighted by atomic mass is 16.5. The first-order valence-corrected chi connectivity index (χ1v) is 11.9. The summed E-state index contributed by atoms with van der Waals surface area (Å²) in [5, 5.41) is 17.8. The molecule has 4 rings (SSSR count). The SMILES string of the molecule is C=C1NCC(N=C(N)CCC)C2(C)C(O)C(NC(=O)c3cccc4c3OCCC4(C)C)CN12. The van der Waals surface area contributed by atoms with Gasteiger partial charge in [-0.3, -0.25) is 9.79 Å². The lowest BCUT2D eigenvalue weighted by atomic mass is 9.79. The second kappa shape index (κ2) is 8.56. The van der Waals surface area contributed by atoms with Crippen LogP contribution in [0.3, 0.4) is 0 Å². The lowest BCUT2D eigenvalue weighted by Crippen LogP contribution is -2.64. The van der Waals surface area contributed by atoms with Gasteiger partial charge in [0.05, 0.1) is 41.4 Å². The summed E-state index contributed by atoms with van der Waals surface area (Å²) in [6, 6.07) is 4.95. The molecular weight excluding hydrogens is 418 g/mol. The number of hydrogen-bond donors (Lipinski definition) is 4. The van der Waals surface area contributed by atoms with Crippen molar-refractivity contribution < 1.29 is 14.6 Å².